The molecule has 0 aromatic carbocycles. The average Bonchev–Trinajstić information content (AvgIpc) is 2.39. The van der Waals surface area contributed by atoms with Gasteiger partial charge in [0.05, 0.1) is 0 Å². The van der Waals surface area contributed by atoms with E-state index < -0.39 is 0 Å². The number of fused-ring (bicyclic) bond motifs is 1. The zero-order chi connectivity index (χ0) is 12.5. The van der Waals surface area contributed by atoms with Crippen LogP contribution in [-0.4, -0.2) is 30.0 Å². The Bertz CT molecular complexity index is 712. The molecule has 7 heteroatoms. The lowest BCUT2D eigenvalue weighted by molar-refractivity contribution is 0.458. The number of aromatic hydroxyl groups is 1. The lowest BCUT2D eigenvalue weighted by atomic mass is 10.2. The van der Waals surface area contributed by atoms with Crippen LogP contribution < -0.4 is 5.73 Å². The van der Waals surface area contributed by atoms with Crippen LogP contribution in [0.4, 0.5) is 5.82 Å². The molecule has 0 saturated heterocycles. The normalized spacial score (nSPS) is 10.7. The Morgan fingerprint density at radius 2 is 1.83 bits per heavy atom. The number of pyridine rings is 1. The first-order valence-corrected chi connectivity index (χ1v) is 5.13. The maximum atomic E-state index is 9.77. The van der Waals surface area contributed by atoms with E-state index in [1.807, 2.05) is 0 Å². The quantitative estimate of drug-likeness (QED) is 0.646. The number of nitrogens with zero attached hydrogens (tertiary/aromatic N) is 5. The molecular formula is C11H8N6O. The summed E-state index contributed by atoms with van der Waals surface area (Å²) in [7, 11) is 0. The SMILES string of the molecule is Nc1ccc(-c2nc(O)c3nccnc3n2)cn1. The van der Waals surface area contributed by atoms with Gasteiger partial charge in [0.1, 0.15) is 5.82 Å². The molecule has 0 fully saturated rings. The van der Waals surface area contributed by atoms with Crippen LogP contribution in [0.5, 0.6) is 5.88 Å². The molecule has 0 unspecified atom stereocenters. The first-order valence-electron chi connectivity index (χ1n) is 5.13. The first-order chi connectivity index (χ1) is 8.74. The molecule has 18 heavy (non-hydrogen) atoms. The maximum Gasteiger partial charge on any atom is 0.243 e. The monoisotopic (exact) mass is 240 g/mol. The molecular weight excluding hydrogens is 232 g/mol. The molecule has 0 spiro atoms. The van der Waals surface area contributed by atoms with E-state index in [4.69, 9.17) is 5.73 Å². The first kappa shape index (κ1) is 10.3. The molecule has 0 aliphatic rings. The molecule has 0 radical (unpaired) electrons. The predicted molar refractivity (Wildman–Crippen MR) is 64.4 cm³/mol. The van der Waals surface area contributed by atoms with Gasteiger partial charge in [-0.25, -0.2) is 19.9 Å². The second-order valence-corrected chi connectivity index (χ2v) is 3.57. The van der Waals surface area contributed by atoms with Gasteiger partial charge < -0.3 is 10.8 Å². The van der Waals surface area contributed by atoms with Crippen LogP contribution >= 0.6 is 0 Å². The highest BCUT2D eigenvalue weighted by Crippen LogP contribution is 2.22. The van der Waals surface area contributed by atoms with Crippen LogP contribution in [0.15, 0.2) is 30.7 Å². The van der Waals surface area contributed by atoms with E-state index in [1.165, 1.54) is 18.6 Å². The molecule has 3 aromatic rings. The molecule has 3 N–H and O–H groups in total. The topological polar surface area (TPSA) is 111 Å². The van der Waals surface area contributed by atoms with E-state index in [-0.39, 0.29) is 11.4 Å². The van der Waals surface area contributed by atoms with E-state index in [0.29, 0.717) is 22.9 Å². The largest absolute Gasteiger partial charge is 0.492 e. The Kier molecular flexibility index (Phi) is 2.23. The number of anilines is 1. The van der Waals surface area contributed by atoms with Crippen LogP contribution in [0.1, 0.15) is 0 Å². The van der Waals surface area contributed by atoms with Gasteiger partial charge in [-0.1, -0.05) is 0 Å². The van der Waals surface area contributed by atoms with Gasteiger partial charge in [0.25, 0.3) is 0 Å². The van der Waals surface area contributed by atoms with Crippen molar-refractivity contribution in [2.45, 2.75) is 0 Å². The third kappa shape index (κ3) is 1.67. The number of aromatic nitrogens is 5. The standard InChI is InChI=1S/C11H8N6O/c12-7-2-1-6(5-15-7)9-16-10-8(11(18)17-9)13-3-4-14-10/h1-5H,(H2,12,15)(H,14,16,17,18). The van der Waals surface area contributed by atoms with Gasteiger partial charge in [0.15, 0.2) is 17.0 Å². The smallest absolute Gasteiger partial charge is 0.243 e. The highest BCUT2D eigenvalue weighted by atomic mass is 16.3. The Balaban J connectivity index is 2.21. The van der Waals surface area contributed by atoms with Gasteiger partial charge in [-0.05, 0) is 12.1 Å². The molecule has 0 amide bonds. The van der Waals surface area contributed by atoms with E-state index in [0.717, 1.165) is 0 Å². The molecule has 7 nitrogen and oxygen atoms in total. The fourth-order valence-electron chi connectivity index (χ4n) is 1.52. The van der Waals surface area contributed by atoms with Crippen molar-refractivity contribution < 1.29 is 5.11 Å². The van der Waals surface area contributed by atoms with E-state index in [2.05, 4.69) is 24.9 Å². The average molecular weight is 240 g/mol. The van der Waals surface area contributed by atoms with Crippen molar-refractivity contribution >= 4 is 17.0 Å². The van der Waals surface area contributed by atoms with Crippen LogP contribution in [0.25, 0.3) is 22.6 Å². The van der Waals surface area contributed by atoms with Gasteiger partial charge in [-0.3, -0.25) is 0 Å². The fourth-order valence-corrected chi connectivity index (χ4v) is 1.52. The molecule has 3 heterocycles. The van der Waals surface area contributed by atoms with Gasteiger partial charge in [-0.2, -0.15) is 4.98 Å². The van der Waals surface area contributed by atoms with Crippen LogP contribution in [0.3, 0.4) is 0 Å². The van der Waals surface area contributed by atoms with Gasteiger partial charge in [0.2, 0.25) is 5.88 Å². The summed E-state index contributed by atoms with van der Waals surface area (Å²) in [5.41, 5.74) is 6.75. The van der Waals surface area contributed by atoms with Crippen molar-refractivity contribution in [2.24, 2.45) is 0 Å². The summed E-state index contributed by atoms with van der Waals surface area (Å²) in [6.07, 6.45) is 4.50. The van der Waals surface area contributed by atoms with Crippen molar-refractivity contribution in [3.8, 4) is 17.3 Å². The zero-order valence-corrected chi connectivity index (χ0v) is 9.15. The van der Waals surface area contributed by atoms with E-state index in [1.54, 1.807) is 12.1 Å². The Labute approximate surface area is 101 Å². The van der Waals surface area contributed by atoms with E-state index in [9.17, 15) is 5.11 Å². The van der Waals surface area contributed by atoms with Crippen molar-refractivity contribution in [3.05, 3.63) is 30.7 Å². The third-order valence-electron chi connectivity index (χ3n) is 2.36. The summed E-state index contributed by atoms with van der Waals surface area (Å²) in [5.74, 6) is 0.525. The Hall–Kier alpha value is -2.83. The molecule has 88 valence electrons. The van der Waals surface area contributed by atoms with Crippen LogP contribution in [-0.2, 0) is 0 Å². The number of nitrogen functional groups attached to an aromatic ring is 1. The van der Waals surface area contributed by atoms with Crippen LogP contribution in [0.2, 0.25) is 0 Å². The van der Waals surface area contributed by atoms with Gasteiger partial charge >= 0.3 is 0 Å². The second-order valence-electron chi connectivity index (χ2n) is 3.57. The minimum atomic E-state index is -0.208. The Morgan fingerprint density at radius 3 is 2.61 bits per heavy atom. The summed E-state index contributed by atoms with van der Waals surface area (Å²) >= 11 is 0. The van der Waals surface area contributed by atoms with Gasteiger partial charge in [0, 0.05) is 24.2 Å². The fraction of sp³-hybridized carbons (Fsp3) is 0. The number of nitrogens with two attached hydrogens (primary N) is 1. The molecule has 0 aliphatic carbocycles. The summed E-state index contributed by atoms with van der Waals surface area (Å²) in [6.45, 7) is 0. The van der Waals surface area contributed by atoms with Crippen molar-refractivity contribution in [3.63, 3.8) is 0 Å². The molecule has 0 aliphatic heterocycles. The predicted octanol–water partition coefficient (Wildman–Crippen LogP) is 0.770. The number of hydrogen-bond acceptors (Lipinski definition) is 7. The molecule has 0 bridgehead atoms. The summed E-state index contributed by atoms with van der Waals surface area (Å²) in [4.78, 5) is 20.1. The number of rotatable bonds is 1. The zero-order valence-electron chi connectivity index (χ0n) is 9.15. The Morgan fingerprint density at radius 1 is 1.00 bits per heavy atom. The van der Waals surface area contributed by atoms with Crippen molar-refractivity contribution in [1.29, 1.82) is 0 Å². The second kappa shape index (κ2) is 3.88. The molecule has 0 saturated carbocycles. The highest BCUT2D eigenvalue weighted by Gasteiger charge is 2.10. The van der Waals surface area contributed by atoms with Gasteiger partial charge in [-0.15, -0.1) is 0 Å². The molecule has 3 rings (SSSR count). The summed E-state index contributed by atoms with van der Waals surface area (Å²) < 4.78 is 0. The molecule has 3 aromatic heterocycles. The van der Waals surface area contributed by atoms with Crippen LogP contribution in [0, 0.1) is 0 Å². The summed E-state index contributed by atoms with van der Waals surface area (Å²) in [6, 6.07) is 3.36. The summed E-state index contributed by atoms with van der Waals surface area (Å²) in [5, 5.41) is 9.77. The lowest BCUT2D eigenvalue weighted by Crippen LogP contribution is -1.96. The maximum absolute atomic E-state index is 9.77. The minimum absolute atomic E-state index is 0.208. The molecule has 0 atom stereocenters. The third-order valence-corrected chi connectivity index (χ3v) is 2.36. The van der Waals surface area contributed by atoms with Crippen molar-refractivity contribution in [2.75, 3.05) is 5.73 Å². The van der Waals surface area contributed by atoms with E-state index >= 15 is 0 Å². The van der Waals surface area contributed by atoms with Crippen molar-refractivity contribution in [1.82, 2.24) is 24.9 Å². The lowest BCUT2D eigenvalue weighted by Gasteiger charge is -2.03. The number of hydrogen-bond donors (Lipinski definition) is 2. The highest BCUT2D eigenvalue weighted by molar-refractivity contribution is 5.77. The minimum Gasteiger partial charge on any atom is -0.492 e.